The fourth-order valence-electron chi connectivity index (χ4n) is 5.83. The molecule has 2 aliphatic heterocycles. The number of morpholine rings is 1. The van der Waals surface area contributed by atoms with Crippen molar-refractivity contribution in [3.8, 4) is 23.2 Å². The zero-order chi connectivity index (χ0) is 33.1. The Hall–Kier alpha value is -4.42. The van der Waals surface area contributed by atoms with E-state index in [-0.39, 0.29) is 17.3 Å². The van der Waals surface area contributed by atoms with Gasteiger partial charge in [-0.1, -0.05) is 18.9 Å². The van der Waals surface area contributed by atoms with Gasteiger partial charge in [0.25, 0.3) is 10.0 Å². The summed E-state index contributed by atoms with van der Waals surface area (Å²) in [5.41, 5.74) is 3.94. The van der Waals surface area contributed by atoms with E-state index in [1.807, 2.05) is 18.3 Å². The van der Waals surface area contributed by atoms with E-state index in [2.05, 4.69) is 65.0 Å². The summed E-state index contributed by atoms with van der Waals surface area (Å²) in [7, 11) is -3.49. The summed E-state index contributed by atoms with van der Waals surface area (Å²) in [6.07, 6.45) is 11.2. The molecular weight excluding hydrogens is 631 g/mol. The van der Waals surface area contributed by atoms with E-state index < -0.39 is 10.0 Å². The molecule has 14 heteroatoms. The number of aliphatic hydroxyl groups excluding tert-OH is 1. The van der Waals surface area contributed by atoms with Crippen LogP contribution in [0.2, 0.25) is 0 Å². The maximum absolute atomic E-state index is 12.6. The second kappa shape index (κ2) is 13.6. The summed E-state index contributed by atoms with van der Waals surface area (Å²) >= 11 is 0. The van der Waals surface area contributed by atoms with Crippen molar-refractivity contribution >= 4 is 27.3 Å². The Morgan fingerprint density at radius 3 is 2.54 bits per heavy atom. The minimum absolute atomic E-state index is 0.105. The summed E-state index contributed by atoms with van der Waals surface area (Å²) in [6.45, 7) is 8.04. The van der Waals surface area contributed by atoms with Crippen LogP contribution in [0.25, 0.3) is 11.4 Å². The van der Waals surface area contributed by atoms with Gasteiger partial charge >= 0.3 is 0 Å². The van der Waals surface area contributed by atoms with E-state index in [1.54, 1.807) is 18.5 Å². The molecule has 4 aromatic heterocycles. The fourth-order valence-corrected chi connectivity index (χ4v) is 7.31. The number of nitrogens with zero attached hydrogens (tertiary/aromatic N) is 8. The number of rotatable bonds is 9. The smallest absolute Gasteiger partial charge is 0.256 e. The summed E-state index contributed by atoms with van der Waals surface area (Å²) in [6, 6.07) is 7.72. The second-order valence-electron chi connectivity index (χ2n) is 13.0. The van der Waals surface area contributed by atoms with Gasteiger partial charge in [-0.25, -0.2) is 28.4 Å². The van der Waals surface area contributed by atoms with Gasteiger partial charge in [0.15, 0.2) is 5.82 Å². The molecule has 0 unspecified atom stereocenters. The highest BCUT2D eigenvalue weighted by Crippen LogP contribution is 2.35. The lowest BCUT2D eigenvalue weighted by Crippen LogP contribution is -2.40. The van der Waals surface area contributed by atoms with Crippen LogP contribution in [0.1, 0.15) is 49.4 Å². The first-order valence-corrected chi connectivity index (χ1v) is 17.8. The maximum atomic E-state index is 12.6. The molecular formula is C34H39N9O4S. The lowest BCUT2D eigenvalue weighted by atomic mass is 9.81. The molecule has 1 saturated carbocycles. The Kier molecular flexibility index (Phi) is 9.11. The molecule has 13 nitrogen and oxygen atoms in total. The van der Waals surface area contributed by atoms with E-state index >= 15 is 0 Å². The Balaban J connectivity index is 1.11. The van der Waals surface area contributed by atoms with Crippen LogP contribution in [0.5, 0.6) is 0 Å². The van der Waals surface area contributed by atoms with Gasteiger partial charge in [-0.05, 0) is 54.7 Å². The standard InChI is InChI=1S/C34H39N9O4S/c1-34(24-44)9-12-42(13-10-34)30-18-32(37-20-26(30)3-5-28-4-2-25(19-36-28)22-41-14-16-47-17-15-41)39-31-8-11-35-33(40-31)27-21-38-43(23-27)48(45,46)29-6-7-29/h2,4,8,11,18-21,23,29,44H,6-7,9-10,12-17,22,24H2,1H3,(H,35,37,39,40). The molecule has 0 aromatic carbocycles. The Bertz CT molecular complexity index is 1920. The minimum atomic E-state index is -3.49. The Labute approximate surface area is 280 Å². The fraction of sp³-hybridized carbons (Fsp3) is 0.441. The molecule has 48 heavy (non-hydrogen) atoms. The molecule has 250 valence electrons. The molecule has 7 rings (SSSR count). The van der Waals surface area contributed by atoms with E-state index in [1.165, 1.54) is 12.4 Å². The van der Waals surface area contributed by atoms with Crippen molar-refractivity contribution in [1.82, 2.24) is 34.0 Å². The molecule has 1 aliphatic carbocycles. The van der Waals surface area contributed by atoms with Crippen molar-refractivity contribution in [3.63, 3.8) is 0 Å². The molecule has 3 aliphatic rings. The minimum Gasteiger partial charge on any atom is -0.396 e. The molecule has 0 bridgehead atoms. The summed E-state index contributed by atoms with van der Waals surface area (Å²) < 4.78 is 31.7. The van der Waals surface area contributed by atoms with E-state index in [0.29, 0.717) is 41.6 Å². The van der Waals surface area contributed by atoms with Gasteiger partial charge in [0.2, 0.25) is 0 Å². The van der Waals surface area contributed by atoms with Gasteiger partial charge in [0.1, 0.15) is 17.3 Å². The maximum Gasteiger partial charge on any atom is 0.256 e. The number of ether oxygens (including phenoxy) is 1. The number of pyridine rings is 2. The molecule has 0 atom stereocenters. The van der Waals surface area contributed by atoms with Gasteiger partial charge in [-0.3, -0.25) is 4.90 Å². The zero-order valence-electron chi connectivity index (χ0n) is 26.9. The largest absolute Gasteiger partial charge is 0.396 e. The summed E-state index contributed by atoms with van der Waals surface area (Å²) in [5, 5.41) is 16.9. The summed E-state index contributed by atoms with van der Waals surface area (Å²) in [5.74, 6) is 7.96. The molecule has 2 N–H and O–H groups in total. The number of anilines is 3. The SMILES string of the molecule is CC1(CO)CCN(c2cc(Nc3ccnc(-c4cnn(S(=O)(=O)C5CC5)c4)n3)ncc2C#Cc2ccc(CN3CCOCC3)cn2)CC1. The first-order valence-electron chi connectivity index (χ1n) is 16.3. The first kappa shape index (κ1) is 32.1. The van der Waals surface area contributed by atoms with E-state index in [0.717, 1.165) is 79.7 Å². The Morgan fingerprint density at radius 1 is 1.00 bits per heavy atom. The highest BCUT2D eigenvalue weighted by atomic mass is 32.2. The molecule has 0 radical (unpaired) electrons. The van der Waals surface area contributed by atoms with Gasteiger partial charge in [-0.15, -0.1) is 0 Å². The van der Waals surface area contributed by atoms with Crippen LogP contribution >= 0.6 is 0 Å². The van der Waals surface area contributed by atoms with Crippen LogP contribution in [0.4, 0.5) is 17.3 Å². The van der Waals surface area contributed by atoms with Crippen molar-refractivity contribution in [2.24, 2.45) is 5.41 Å². The van der Waals surface area contributed by atoms with E-state index in [9.17, 15) is 13.5 Å². The van der Waals surface area contributed by atoms with Crippen molar-refractivity contribution in [1.29, 1.82) is 0 Å². The van der Waals surface area contributed by atoms with Gasteiger partial charge in [0, 0.05) is 64.0 Å². The van der Waals surface area contributed by atoms with Gasteiger partial charge in [0.05, 0.1) is 47.7 Å². The third-order valence-corrected chi connectivity index (χ3v) is 11.2. The predicted molar refractivity (Wildman–Crippen MR) is 181 cm³/mol. The highest BCUT2D eigenvalue weighted by Gasteiger charge is 2.37. The summed E-state index contributed by atoms with van der Waals surface area (Å²) in [4.78, 5) is 22.9. The molecule has 0 spiro atoms. The van der Waals surface area contributed by atoms with Crippen LogP contribution in [-0.2, 0) is 21.3 Å². The van der Waals surface area contributed by atoms with Crippen molar-refractivity contribution in [2.45, 2.75) is 44.4 Å². The second-order valence-corrected chi connectivity index (χ2v) is 15.0. The number of aliphatic hydroxyl groups is 1. The lowest BCUT2D eigenvalue weighted by molar-refractivity contribution is 0.0341. The van der Waals surface area contributed by atoms with Crippen LogP contribution in [0, 0.1) is 17.3 Å². The van der Waals surface area contributed by atoms with Gasteiger partial charge < -0.3 is 20.1 Å². The Morgan fingerprint density at radius 2 is 1.81 bits per heavy atom. The molecule has 6 heterocycles. The normalized spacial score (nSPS) is 18.2. The zero-order valence-corrected chi connectivity index (χ0v) is 27.7. The quantitative estimate of drug-likeness (QED) is 0.252. The van der Waals surface area contributed by atoms with Crippen molar-refractivity contribution in [2.75, 3.05) is 56.2 Å². The molecule has 3 fully saturated rings. The molecule has 2 saturated heterocycles. The number of hydrogen-bond acceptors (Lipinski definition) is 12. The third-order valence-electron chi connectivity index (χ3n) is 9.17. The average molecular weight is 670 g/mol. The highest BCUT2D eigenvalue weighted by molar-refractivity contribution is 7.90. The number of hydrogen-bond donors (Lipinski definition) is 2. The lowest BCUT2D eigenvalue weighted by Gasteiger charge is -2.39. The number of aromatic nitrogens is 6. The van der Waals surface area contributed by atoms with Gasteiger partial charge in [-0.2, -0.15) is 9.19 Å². The number of piperidine rings is 1. The first-order chi connectivity index (χ1) is 23.3. The van der Waals surface area contributed by atoms with Crippen LogP contribution in [0.3, 0.4) is 0 Å². The predicted octanol–water partition coefficient (Wildman–Crippen LogP) is 3.04. The van der Waals surface area contributed by atoms with Crippen LogP contribution < -0.4 is 10.2 Å². The van der Waals surface area contributed by atoms with Crippen molar-refractivity contribution in [3.05, 3.63) is 72.1 Å². The van der Waals surface area contributed by atoms with Crippen molar-refractivity contribution < 1.29 is 18.3 Å². The number of nitrogens with one attached hydrogen (secondary N) is 1. The van der Waals surface area contributed by atoms with Crippen LogP contribution in [-0.4, -0.2) is 98.8 Å². The van der Waals surface area contributed by atoms with E-state index in [4.69, 9.17) is 4.74 Å². The topological polar surface area (TPSA) is 151 Å². The monoisotopic (exact) mass is 669 g/mol. The van der Waals surface area contributed by atoms with Crippen LogP contribution in [0.15, 0.2) is 55.2 Å². The molecule has 4 aromatic rings. The third kappa shape index (κ3) is 7.34. The average Bonchev–Trinajstić information content (AvgIpc) is 3.86. The molecule has 0 amide bonds.